The van der Waals surface area contributed by atoms with Crippen molar-refractivity contribution >= 4 is 5.97 Å². The van der Waals surface area contributed by atoms with Gasteiger partial charge in [-0.15, -0.1) is 0 Å². The second-order valence-corrected chi connectivity index (χ2v) is 5.99. The van der Waals surface area contributed by atoms with Gasteiger partial charge in [0.25, 0.3) is 0 Å². The molecule has 2 rings (SSSR count). The fourth-order valence-corrected chi connectivity index (χ4v) is 2.82. The summed E-state index contributed by atoms with van der Waals surface area (Å²) >= 11 is 0. The maximum absolute atomic E-state index is 11.5. The van der Waals surface area contributed by atoms with Crippen molar-refractivity contribution in [2.45, 2.75) is 38.1 Å². The highest BCUT2D eigenvalue weighted by molar-refractivity contribution is 5.82. The molecule has 0 spiro atoms. The van der Waals surface area contributed by atoms with Crippen LogP contribution in [0.2, 0.25) is 0 Å². The molecule has 6 nitrogen and oxygen atoms in total. The number of benzene rings is 1. The Bertz CT molecular complexity index is 566. The lowest BCUT2D eigenvalue weighted by Crippen LogP contribution is -2.33. The molecule has 0 bridgehead atoms. The Morgan fingerprint density at radius 1 is 1.24 bits per heavy atom. The maximum atomic E-state index is 11.5. The maximum Gasteiger partial charge on any atom is 0.330 e. The highest BCUT2D eigenvalue weighted by Gasteiger charge is 2.26. The Kier molecular flexibility index (Phi) is 7.91. The number of hydrogen-bond acceptors (Lipinski definition) is 6. The zero-order chi connectivity index (χ0) is 18.1. The molecule has 1 aliphatic rings. The van der Waals surface area contributed by atoms with E-state index < -0.39 is 0 Å². The van der Waals surface area contributed by atoms with E-state index in [1.807, 2.05) is 24.3 Å². The molecule has 0 unspecified atom stereocenters. The second kappa shape index (κ2) is 10.2. The smallest absolute Gasteiger partial charge is 0.330 e. The van der Waals surface area contributed by atoms with Gasteiger partial charge in [-0.05, 0) is 37.0 Å². The molecule has 1 N–H and O–H groups in total. The molecule has 1 aromatic carbocycles. The van der Waals surface area contributed by atoms with E-state index in [1.165, 1.54) is 13.2 Å². The molecule has 0 amide bonds. The van der Waals surface area contributed by atoms with E-state index in [-0.39, 0.29) is 24.8 Å². The Morgan fingerprint density at radius 3 is 2.60 bits per heavy atom. The van der Waals surface area contributed by atoms with Crippen LogP contribution in [0.5, 0.6) is 5.75 Å². The second-order valence-electron chi connectivity index (χ2n) is 5.99. The minimum atomic E-state index is -0.363. The van der Waals surface area contributed by atoms with Gasteiger partial charge in [0, 0.05) is 12.7 Å². The largest absolute Gasteiger partial charge is 0.497 e. The topological polar surface area (TPSA) is 74.2 Å². The van der Waals surface area contributed by atoms with Gasteiger partial charge in [-0.2, -0.15) is 0 Å². The van der Waals surface area contributed by atoms with Gasteiger partial charge < -0.3 is 24.1 Å². The van der Waals surface area contributed by atoms with Gasteiger partial charge in [0.15, 0.2) is 0 Å². The molecular weight excluding hydrogens is 324 g/mol. The molecule has 1 fully saturated rings. The predicted octanol–water partition coefficient (Wildman–Crippen LogP) is 2.24. The van der Waals surface area contributed by atoms with E-state index >= 15 is 0 Å². The number of ether oxygens (including phenoxy) is 4. The molecule has 6 heteroatoms. The summed E-state index contributed by atoms with van der Waals surface area (Å²) in [6.07, 6.45) is 3.06. The van der Waals surface area contributed by atoms with Gasteiger partial charge in [-0.25, -0.2) is 4.79 Å². The summed E-state index contributed by atoms with van der Waals surface area (Å²) < 4.78 is 21.5. The van der Waals surface area contributed by atoms with Gasteiger partial charge in [0.1, 0.15) is 5.75 Å². The lowest BCUT2D eigenvalue weighted by Gasteiger charge is -2.31. The Balaban J connectivity index is 1.87. The number of esters is 1. The third-order valence-electron chi connectivity index (χ3n) is 4.07. The highest BCUT2D eigenvalue weighted by Crippen LogP contribution is 2.26. The zero-order valence-corrected chi connectivity index (χ0v) is 14.8. The first-order valence-corrected chi connectivity index (χ1v) is 8.39. The van der Waals surface area contributed by atoms with Gasteiger partial charge in [-0.1, -0.05) is 17.7 Å². The van der Waals surface area contributed by atoms with E-state index in [9.17, 15) is 4.79 Å². The molecule has 0 radical (unpaired) electrons. The van der Waals surface area contributed by atoms with Crippen LogP contribution in [-0.4, -0.2) is 50.7 Å². The number of methoxy groups -OCH3 is 2. The Hall–Kier alpha value is -1.89. The van der Waals surface area contributed by atoms with Crippen LogP contribution in [0.1, 0.15) is 24.8 Å². The summed E-state index contributed by atoms with van der Waals surface area (Å²) in [6, 6.07) is 7.70. The Morgan fingerprint density at radius 2 is 1.96 bits per heavy atom. The molecule has 0 aliphatic carbocycles. The van der Waals surface area contributed by atoms with Gasteiger partial charge in [0.05, 0.1) is 39.6 Å². The van der Waals surface area contributed by atoms with Crippen molar-refractivity contribution in [2.75, 3.05) is 27.4 Å². The molecule has 1 aromatic rings. The molecular formula is C19H26O6. The van der Waals surface area contributed by atoms with E-state index in [0.717, 1.165) is 16.9 Å². The van der Waals surface area contributed by atoms with E-state index in [4.69, 9.17) is 24.1 Å². The van der Waals surface area contributed by atoms with Crippen LogP contribution in [0.25, 0.3) is 0 Å². The highest BCUT2D eigenvalue weighted by atomic mass is 16.5. The first kappa shape index (κ1) is 19.4. The molecule has 2 atom stereocenters. The number of hydrogen-bond donors (Lipinski definition) is 1. The summed E-state index contributed by atoms with van der Waals surface area (Å²) in [5.74, 6) is 0.446. The van der Waals surface area contributed by atoms with Crippen LogP contribution in [0.15, 0.2) is 35.9 Å². The van der Waals surface area contributed by atoms with E-state index in [0.29, 0.717) is 32.5 Å². The lowest BCUT2D eigenvalue weighted by molar-refractivity contribution is -0.135. The number of aliphatic hydroxyl groups is 1. The number of carbonyl (C=O) groups is 1. The van der Waals surface area contributed by atoms with Gasteiger partial charge in [-0.3, -0.25) is 0 Å². The summed E-state index contributed by atoms with van der Waals surface area (Å²) in [5, 5.41) is 9.15. The van der Waals surface area contributed by atoms with Gasteiger partial charge in [0.2, 0.25) is 0 Å². The molecule has 1 saturated heterocycles. The van der Waals surface area contributed by atoms with Crippen LogP contribution in [-0.2, 0) is 25.6 Å². The summed E-state index contributed by atoms with van der Waals surface area (Å²) in [4.78, 5) is 11.5. The average Bonchev–Trinajstić information content (AvgIpc) is 2.62. The van der Waals surface area contributed by atoms with Crippen molar-refractivity contribution in [2.24, 2.45) is 0 Å². The molecule has 1 aliphatic heterocycles. The van der Waals surface area contributed by atoms with Crippen LogP contribution in [0.4, 0.5) is 0 Å². The van der Waals surface area contributed by atoms with Crippen molar-refractivity contribution in [1.29, 1.82) is 0 Å². The number of aliphatic hydroxyl groups excluding tert-OH is 1. The van der Waals surface area contributed by atoms with Crippen molar-refractivity contribution in [3.63, 3.8) is 0 Å². The minimum absolute atomic E-state index is 0.0512. The average molecular weight is 350 g/mol. The predicted molar refractivity (Wildman–Crippen MR) is 92.3 cm³/mol. The number of carbonyl (C=O) groups excluding carboxylic acids is 1. The normalized spacial score (nSPS) is 22.0. The zero-order valence-electron chi connectivity index (χ0n) is 14.8. The van der Waals surface area contributed by atoms with Crippen LogP contribution in [0.3, 0.4) is 0 Å². The van der Waals surface area contributed by atoms with Crippen molar-refractivity contribution in [3.05, 3.63) is 41.5 Å². The minimum Gasteiger partial charge on any atom is -0.497 e. The quantitative estimate of drug-likeness (QED) is 0.572. The standard InChI is InChI=1S/C19H26O6/c1-22-16-5-3-14(4-6-16)12-24-13-18-10-15(11-19(21)23-2)9-17(25-18)7-8-20/h3-6,11,17-18,20H,7-10,12-13H2,1-2H3/b15-11-/t17-,18-/m1/s1. The first-order chi connectivity index (χ1) is 12.1. The Labute approximate surface area is 148 Å². The first-order valence-electron chi connectivity index (χ1n) is 8.39. The van der Waals surface area contributed by atoms with Crippen molar-refractivity contribution in [3.8, 4) is 5.75 Å². The van der Waals surface area contributed by atoms with Crippen LogP contribution < -0.4 is 4.74 Å². The summed E-state index contributed by atoms with van der Waals surface area (Å²) in [7, 11) is 2.99. The molecule has 0 aromatic heterocycles. The molecule has 138 valence electrons. The van der Waals surface area contributed by atoms with E-state index in [2.05, 4.69) is 0 Å². The van der Waals surface area contributed by atoms with Crippen LogP contribution >= 0.6 is 0 Å². The van der Waals surface area contributed by atoms with Crippen molar-refractivity contribution < 1.29 is 28.8 Å². The molecule has 0 saturated carbocycles. The summed E-state index contributed by atoms with van der Waals surface area (Å²) in [5.41, 5.74) is 2.02. The fourth-order valence-electron chi connectivity index (χ4n) is 2.82. The third-order valence-corrected chi connectivity index (χ3v) is 4.07. The van der Waals surface area contributed by atoms with Gasteiger partial charge >= 0.3 is 5.97 Å². The number of rotatable bonds is 8. The third kappa shape index (κ3) is 6.49. The van der Waals surface area contributed by atoms with E-state index in [1.54, 1.807) is 7.11 Å². The van der Waals surface area contributed by atoms with Crippen molar-refractivity contribution in [1.82, 2.24) is 0 Å². The lowest BCUT2D eigenvalue weighted by atomic mass is 9.96. The SMILES string of the molecule is COC(=O)/C=C1/C[C@@H](CCO)O[C@@H](COCc2ccc(OC)cc2)C1. The fraction of sp³-hybridized carbons (Fsp3) is 0.526. The summed E-state index contributed by atoms with van der Waals surface area (Å²) in [6.45, 7) is 0.951. The van der Waals surface area contributed by atoms with Crippen LogP contribution in [0, 0.1) is 0 Å². The monoisotopic (exact) mass is 350 g/mol. The molecule has 25 heavy (non-hydrogen) atoms. The molecule has 1 heterocycles.